The van der Waals surface area contributed by atoms with E-state index in [2.05, 4.69) is 10.1 Å². The Labute approximate surface area is 88.2 Å². The molecule has 0 radical (unpaired) electrons. The third-order valence-electron chi connectivity index (χ3n) is 2.28. The van der Waals surface area contributed by atoms with Gasteiger partial charge in [-0.05, 0) is 23.3 Å². The summed E-state index contributed by atoms with van der Waals surface area (Å²) >= 11 is 0. The summed E-state index contributed by atoms with van der Waals surface area (Å²) in [6.07, 6.45) is 7.13. The number of aromatic nitrogens is 3. The molecule has 0 aromatic carbocycles. The highest BCUT2D eigenvalue weighted by Gasteiger charge is 2.08. The average Bonchev–Trinajstić information content (AvgIpc) is 2.65. The van der Waals surface area contributed by atoms with E-state index in [1.165, 1.54) is 0 Å². The molecule has 0 amide bonds. The number of hydrogen-bond acceptors (Lipinski definition) is 3. The minimum Gasteiger partial charge on any atom is -0.388 e. The van der Waals surface area contributed by atoms with Gasteiger partial charge < -0.3 is 5.11 Å². The van der Waals surface area contributed by atoms with Crippen LogP contribution < -0.4 is 0 Å². The molecule has 0 saturated heterocycles. The van der Waals surface area contributed by atoms with E-state index in [0.717, 1.165) is 11.1 Å². The highest BCUT2D eigenvalue weighted by atomic mass is 16.3. The second-order valence-electron chi connectivity index (χ2n) is 3.52. The predicted molar refractivity (Wildman–Crippen MR) is 56.1 cm³/mol. The first-order valence-corrected chi connectivity index (χ1v) is 4.81. The van der Waals surface area contributed by atoms with Crippen molar-refractivity contribution in [3.05, 3.63) is 48.0 Å². The van der Waals surface area contributed by atoms with Crippen LogP contribution in [0.3, 0.4) is 0 Å². The zero-order valence-corrected chi connectivity index (χ0v) is 8.54. The molecule has 0 saturated carbocycles. The fourth-order valence-corrected chi connectivity index (χ4v) is 1.50. The Bertz CT molecular complexity index is 424. The van der Waals surface area contributed by atoms with Crippen molar-refractivity contribution in [1.82, 2.24) is 14.8 Å². The summed E-state index contributed by atoms with van der Waals surface area (Å²) in [6, 6.07) is 3.64. The molecule has 0 bridgehead atoms. The fourth-order valence-electron chi connectivity index (χ4n) is 1.50. The number of hydrogen-bond donors (Lipinski definition) is 1. The molecule has 78 valence electrons. The fraction of sp³-hybridized carbons (Fsp3) is 0.273. The van der Waals surface area contributed by atoms with Crippen molar-refractivity contribution < 1.29 is 5.11 Å². The van der Waals surface area contributed by atoms with Crippen molar-refractivity contribution in [2.75, 3.05) is 0 Å². The first-order valence-electron chi connectivity index (χ1n) is 4.81. The van der Waals surface area contributed by atoms with Gasteiger partial charge in [0.1, 0.15) is 0 Å². The van der Waals surface area contributed by atoms with Gasteiger partial charge in [-0.2, -0.15) is 5.10 Å². The Hall–Kier alpha value is -1.68. The molecule has 0 aliphatic carbocycles. The van der Waals surface area contributed by atoms with Crippen molar-refractivity contribution in [2.45, 2.75) is 12.5 Å². The van der Waals surface area contributed by atoms with Gasteiger partial charge in [-0.3, -0.25) is 9.67 Å². The van der Waals surface area contributed by atoms with Crippen LogP contribution >= 0.6 is 0 Å². The van der Waals surface area contributed by atoms with E-state index in [1.54, 1.807) is 23.3 Å². The van der Waals surface area contributed by atoms with Crippen LogP contribution in [0, 0.1) is 0 Å². The van der Waals surface area contributed by atoms with Gasteiger partial charge in [-0.1, -0.05) is 0 Å². The molecular formula is C11H13N3O. The molecule has 4 heteroatoms. The molecule has 1 atom stereocenters. The largest absolute Gasteiger partial charge is 0.388 e. The maximum absolute atomic E-state index is 9.92. The Morgan fingerprint density at radius 3 is 2.73 bits per heavy atom. The molecule has 0 spiro atoms. The minimum absolute atomic E-state index is 0.489. The summed E-state index contributed by atoms with van der Waals surface area (Å²) < 4.78 is 1.73. The summed E-state index contributed by atoms with van der Waals surface area (Å²) in [5.74, 6) is 0. The van der Waals surface area contributed by atoms with E-state index in [-0.39, 0.29) is 0 Å². The standard InChI is InChI=1S/C11H13N3O/c1-14-8-9(7-13-14)6-11(15)10-2-4-12-5-3-10/h2-5,7-8,11,15H,6H2,1H3. The van der Waals surface area contributed by atoms with Crippen LogP contribution in [0.2, 0.25) is 0 Å². The summed E-state index contributed by atoms with van der Waals surface area (Å²) in [6.45, 7) is 0. The van der Waals surface area contributed by atoms with Gasteiger partial charge in [0.05, 0.1) is 12.3 Å². The lowest BCUT2D eigenvalue weighted by Gasteiger charge is -2.08. The van der Waals surface area contributed by atoms with Crippen LogP contribution in [-0.4, -0.2) is 19.9 Å². The lowest BCUT2D eigenvalue weighted by molar-refractivity contribution is 0.178. The van der Waals surface area contributed by atoms with E-state index in [4.69, 9.17) is 0 Å². The van der Waals surface area contributed by atoms with Gasteiger partial charge in [0.15, 0.2) is 0 Å². The van der Waals surface area contributed by atoms with Gasteiger partial charge in [-0.15, -0.1) is 0 Å². The number of rotatable bonds is 3. The molecule has 15 heavy (non-hydrogen) atoms. The van der Waals surface area contributed by atoms with Crippen LogP contribution in [0.4, 0.5) is 0 Å². The van der Waals surface area contributed by atoms with Crippen LogP contribution in [0.5, 0.6) is 0 Å². The van der Waals surface area contributed by atoms with Gasteiger partial charge in [0, 0.05) is 32.1 Å². The highest BCUT2D eigenvalue weighted by molar-refractivity contribution is 5.16. The molecule has 1 N–H and O–H groups in total. The second kappa shape index (κ2) is 4.23. The van der Waals surface area contributed by atoms with Crippen LogP contribution in [0.15, 0.2) is 36.9 Å². The van der Waals surface area contributed by atoms with Gasteiger partial charge in [0.2, 0.25) is 0 Å². The molecule has 4 nitrogen and oxygen atoms in total. The monoisotopic (exact) mass is 203 g/mol. The van der Waals surface area contributed by atoms with Crippen LogP contribution in [-0.2, 0) is 13.5 Å². The van der Waals surface area contributed by atoms with E-state index in [1.807, 2.05) is 25.4 Å². The normalized spacial score (nSPS) is 12.7. The highest BCUT2D eigenvalue weighted by Crippen LogP contribution is 2.16. The number of pyridine rings is 1. The lowest BCUT2D eigenvalue weighted by atomic mass is 10.1. The summed E-state index contributed by atoms with van der Waals surface area (Å²) in [5, 5.41) is 14.0. The molecule has 0 aliphatic rings. The first kappa shape index (κ1) is 9.86. The van der Waals surface area contributed by atoms with Gasteiger partial charge >= 0.3 is 0 Å². The molecule has 2 aromatic rings. The molecule has 2 heterocycles. The number of nitrogens with zero attached hydrogens (tertiary/aromatic N) is 3. The molecule has 0 fully saturated rings. The molecular weight excluding hydrogens is 190 g/mol. The lowest BCUT2D eigenvalue weighted by Crippen LogP contribution is -2.01. The topological polar surface area (TPSA) is 50.9 Å². The van der Waals surface area contributed by atoms with Crippen molar-refractivity contribution >= 4 is 0 Å². The number of aliphatic hydroxyl groups is 1. The molecule has 2 rings (SSSR count). The van der Waals surface area contributed by atoms with Gasteiger partial charge in [-0.25, -0.2) is 0 Å². The Morgan fingerprint density at radius 1 is 1.40 bits per heavy atom. The molecule has 0 aliphatic heterocycles. The van der Waals surface area contributed by atoms with Crippen molar-refractivity contribution in [2.24, 2.45) is 7.05 Å². The summed E-state index contributed by atoms with van der Waals surface area (Å²) in [4.78, 5) is 3.91. The Balaban J connectivity index is 2.07. The van der Waals surface area contributed by atoms with Crippen molar-refractivity contribution in [3.63, 3.8) is 0 Å². The zero-order valence-electron chi connectivity index (χ0n) is 8.54. The van der Waals surface area contributed by atoms with Crippen LogP contribution in [0.1, 0.15) is 17.2 Å². The zero-order chi connectivity index (χ0) is 10.7. The maximum Gasteiger partial charge on any atom is 0.0832 e. The van der Waals surface area contributed by atoms with Gasteiger partial charge in [0.25, 0.3) is 0 Å². The summed E-state index contributed by atoms with van der Waals surface area (Å²) in [5.41, 5.74) is 1.91. The SMILES string of the molecule is Cn1cc(CC(O)c2ccncc2)cn1. The van der Waals surface area contributed by atoms with E-state index < -0.39 is 6.10 Å². The molecule has 1 unspecified atom stereocenters. The van der Waals surface area contributed by atoms with E-state index in [0.29, 0.717) is 6.42 Å². The van der Waals surface area contributed by atoms with Crippen molar-refractivity contribution in [1.29, 1.82) is 0 Å². The number of aliphatic hydroxyl groups excluding tert-OH is 1. The van der Waals surface area contributed by atoms with Crippen LogP contribution in [0.25, 0.3) is 0 Å². The minimum atomic E-state index is -0.489. The van der Waals surface area contributed by atoms with E-state index in [9.17, 15) is 5.11 Å². The predicted octanol–water partition coefficient (Wildman–Crippen LogP) is 1.09. The molecule has 2 aromatic heterocycles. The second-order valence-corrected chi connectivity index (χ2v) is 3.52. The third kappa shape index (κ3) is 2.41. The van der Waals surface area contributed by atoms with Crippen molar-refractivity contribution in [3.8, 4) is 0 Å². The quantitative estimate of drug-likeness (QED) is 0.812. The Morgan fingerprint density at radius 2 is 2.13 bits per heavy atom. The van der Waals surface area contributed by atoms with E-state index >= 15 is 0 Å². The maximum atomic E-state index is 9.92. The third-order valence-corrected chi connectivity index (χ3v) is 2.28. The first-order chi connectivity index (χ1) is 7.25. The Kier molecular flexibility index (Phi) is 2.78. The summed E-state index contributed by atoms with van der Waals surface area (Å²) in [7, 11) is 1.86. The number of aryl methyl sites for hydroxylation is 1. The average molecular weight is 203 g/mol. The smallest absolute Gasteiger partial charge is 0.0832 e.